The highest BCUT2D eigenvalue weighted by molar-refractivity contribution is 5.94. The van der Waals surface area contributed by atoms with E-state index >= 15 is 0 Å². The van der Waals surface area contributed by atoms with Crippen LogP contribution in [0, 0.1) is 0 Å². The second-order valence-corrected chi connectivity index (χ2v) is 7.96. The Hall–Kier alpha value is -2.70. The van der Waals surface area contributed by atoms with Crippen LogP contribution in [0.5, 0.6) is 0 Å². The summed E-state index contributed by atoms with van der Waals surface area (Å²) in [5.41, 5.74) is 2.10. The molecule has 2 aromatic carbocycles. The Bertz CT molecular complexity index is 828. The fourth-order valence-corrected chi connectivity index (χ4v) is 4.86. The molecular formula is C24H28N2O4. The molecule has 0 unspecified atom stereocenters. The first-order valence-corrected chi connectivity index (χ1v) is 10.3. The van der Waals surface area contributed by atoms with Crippen molar-refractivity contribution in [3.63, 3.8) is 0 Å². The molecule has 2 heterocycles. The average Bonchev–Trinajstić information content (AvgIpc) is 2.77. The van der Waals surface area contributed by atoms with Crippen molar-refractivity contribution < 1.29 is 19.1 Å². The second-order valence-electron chi connectivity index (χ2n) is 7.96. The predicted molar refractivity (Wildman–Crippen MR) is 113 cm³/mol. The lowest BCUT2D eigenvalue weighted by Crippen LogP contribution is -2.81. The first-order valence-electron chi connectivity index (χ1n) is 10.3. The molecule has 4 rings (SSSR count). The number of hydrogen-bond acceptors (Lipinski definition) is 4. The standard InChI is InChI=1S/C24H28N2O4/c1-15(17-11-7-5-8-12-17)25-19(21(29-3)23(25)27)20-22(30-4)24(28)26(20)16(2)18-13-9-6-10-14-18/h5-16,19-22H,1-4H3/t15-,16-,19-,20-,21+,22+/m0/s1. The molecular weight excluding hydrogens is 380 g/mol. The van der Waals surface area contributed by atoms with Crippen LogP contribution in [0.3, 0.4) is 0 Å². The normalized spacial score (nSPS) is 28.0. The summed E-state index contributed by atoms with van der Waals surface area (Å²) in [6.45, 7) is 4.03. The van der Waals surface area contributed by atoms with Crippen LogP contribution < -0.4 is 0 Å². The first-order chi connectivity index (χ1) is 14.5. The van der Waals surface area contributed by atoms with E-state index in [0.717, 1.165) is 11.1 Å². The highest BCUT2D eigenvalue weighted by atomic mass is 16.5. The third-order valence-electron chi connectivity index (χ3n) is 6.51. The lowest BCUT2D eigenvalue weighted by Gasteiger charge is -2.60. The maximum atomic E-state index is 12.9. The van der Waals surface area contributed by atoms with E-state index in [9.17, 15) is 9.59 Å². The van der Waals surface area contributed by atoms with Crippen molar-refractivity contribution in [3.05, 3.63) is 71.8 Å². The molecule has 30 heavy (non-hydrogen) atoms. The van der Waals surface area contributed by atoms with Crippen molar-refractivity contribution in [1.29, 1.82) is 0 Å². The zero-order valence-electron chi connectivity index (χ0n) is 17.8. The molecule has 0 aromatic heterocycles. The van der Waals surface area contributed by atoms with Crippen LogP contribution in [0.4, 0.5) is 0 Å². The largest absolute Gasteiger partial charge is 0.369 e. The summed E-state index contributed by atoms with van der Waals surface area (Å²) in [5, 5.41) is 0. The summed E-state index contributed by atoms with van der Waals surface area (Å²) in [7, 11) is 3.10. The topological polar surface area (TPSA) is 59.1 Å². The van der Waals surface area contributed by atoms with E-state index in [0.29, 0.717) is 0 Å². The van der Waals surface area contributed by atoms with E-state index in [1.807, 2.05) is 84.3 Å². The van der Waals surface area contributed by atoms with Gasteiger partial charge in [0.2, 0.25) is 0 Å². The third-order valence-corrected chi connectivity index (χ3v) is 6.51. The third kappa shape index (κ3) is 3.11. The monoisotopic (exact) mass is 408 g/mol. The summed E-state index contributed by atoms with van der Waals surface area (Å²) in [6, 6.07) is 19.0. The van der Waals surface area contributed by atoms with Gasteiger partial charge in [0.15, 0.2) is 12.2 Å². The number of rotatable bonds is 7. The number of amides is 2. The summed E-state index contributed by atoms with van der Waals surface area (Å²) in [5.74, 6) is -0.110. The van der Waals surface area contributed by atoms with Gasteiger partial charge in [0.25, 0.3) is 11.8 Å². The van der Waals surface area contributed by atoms with Crippen LogP contribution in [0.25, 0.3) is 0 Å². The molecule has 6 nitrogen and oxygen atoms in total. The lowest BCUT2D eigenvalue weighted by atomic mass is 9.78. The van der Waals surface area contributed by atoms with Crippen molar-refractivity contribution in [2.24, 2.45) is 0 Å². The molecule has 0 spiro atoms. The Kier molecular flexibility index (Phi) is 5.62. The number of carbonyl (C=O) groups is 2. The molecule has 2 saturated heterocycles. The molecule has 2 fully saturated rings. The number of methoxy groups -OCH3 is 2. The molecule has 0 saturated carbocycles. The zero-order chi connectivity index (χ0) is 21.4. The highest BCUT2D eigenvalue weighted by Gasteiger charge is 2.64. The van der Waals surface area contributed by atoms with Gasteiger partial charge >= 0.3 is 0 Å². The first kappa shape index (κ1) is 20.6. The van der Waals surface area contributed by atoms with E-state index in [1.165, 1.54) is 0 Å². The lowest BCUT2D eigenvalue weighted by molar-refractivity contribution is -0.212. The number of nitrogens with zero attached hydrogens (tertiary/aromatic N) is 2. The predicted octanol–water partition coefficient (Wildman–Crippen LogP) is 2.96. The highest BCUT2D eigenvalue weighted by Crippen LogP contribution is 2.44. The Morgan fingerprint density at radius 2 is 1.00 bits per heavy atom. The van der Waals surface area contributed by atoms with Crippen LogP contribution in [0.1, 0.15) is 37.1 Å². The number of likely N-dealkylation sites (tertiary alicyclic amines) is 2. The minimum absolute atomic E-state index is 0.0552. The quantitative estimate of drug-likeness (QED) is 0.661. The maximum Gasteiger partial charge on any atom is 0.254 e. The minimum atomic E-state index is -0.586. The van der Waals surface area contributed by atoms with E-state index in [-0.39, 0.29) is 36.0 Å². The maximum absolute atomic E-state index is 12.9. The van der Waals surface area contributed by atoms with Gasteiger partial charge in [-0.2, -0.15) is 0 Å². The molecule has 6 atom stereocenters. The van der Waals surface area contributed by atoms with Gasteiger partial charge in [0.1, 0.15) is 0 Å². The summed E-state index contributed by atoms with van der Waals surface area (Å²) in [6.07, 6.45) is -1.17. The average molecular weight is 408 g/mol. The van der Waals surface area contributed by atoms with Gasteiger partial charge in [0.05, 0.1) is 24.2 Å². The Morgan fingerprint density at radius 1 is 0.667 bits per heavy atom. The van der Waals surface area contributed by atoms with Gasteiger partial charge in [-0.05, 0) is 25.0 Å². The summed E-state index contributed by atoms with van der Waals surface area (Å²) >= 11 is 0. The van der Waals surface area contributed by atoms with Crippen molar-refractivity contribution in [3.8, 4) is 0 Å². The summed E-state index contributed by atoms with van der Waals surface area (Å²) < 4.78 is 11.1. The SMILES string of the molecule is CO[C@H]1C(=O)N([C@@H](C)c2ccccc2)[C@H]1[C@H]1[C@@H](OC)C(=O)N1[C@@H](C)c1ccccc1. The Labute approximate surface area is 177 Å². The van der Waals surface area contributed by atoms with Gasteiger partial charge < -0.3 is 19.3 Å². The molecule has 2 aliphatic rings. The van der Waals surface area contributed by atoms with E-state index in [2.05, 4.69) is 0 Å². The molecule has 2 aliphatic heterocycles. The van der Waals surface area contributed by atoms with Crippen molar-refractivity contribution >= 4 is 11.8 Å². The van der Waals surface area contributed by atoms with Gasteiger partial charge in [-0.3, -0.25) is 9.59 Å². The van der Waals surface area contributed by atoms with E-state index in [4.69, 9.17) is 9.47 Å². The van der Waals surface area contributed by atoms with Crippen LogP contribution in [-0.2, 0) is 19.1 Å². The van der Waals surface area contributed by atoms with Crippen LogP contribution in [-0.4, -0.2) is 60.1 Å². The molecule has 0 radical (unpaired) electrons. The number of benzene rings is 2. The van der Waals surface area contributed by atoms with Crippen LogP contribution in [0.15, 0.2) is 60.7 Å². The molecule has 2 amide bonds. The molecule has 158 valence electrons. The van der Waals surface area contributed by atoms with E-state index in [1.54, 1.807) is 14.2 Å². The van der Waals surface area contributed by atoms with Gasteiger partial charge in [-0.25, -0.2) is 0 Å². The number of β-lactam (4-membered cyclic amide) rings is 2. The second kappa shape index (κ2) is 8.20. The fraction of sp³-hybridized carbons (Fsp3) is 0.417. The molecule has 0 bridgehead atoms. The Balaban J connectivity index is 1.66. The zero-order valence-corrected chi connectivity index (χ0v) is 17.8. The number of hydrogen-bond donors (Lipinski definition) is 0. The van der Waals surface area contributed by atoms with Gasteiger partial charge in [-0.1, -0.05) is 60.7 Å². The Morgan fingerprint density at radius 3 is 1.30 bits per heavy atom. The molecule has 0 aliphatic carbocycles. The van der Waals surface area contributed by atoms with E-state index < -0.39 is 12.2 Å². The smallest absolute Gasteiger partial charge is 0.254 e. The molecule has 2 aromatic rings. The van der Waals surface area contributed by atoms with Crippen LogP contribution in [0.2, 0.25) is 0 Å². The summed E-state index contributed by atoms with van der Waals surface area (Å²) in [4.78, 5) is 29.6. The van der Waals surface area contributed by atoms with Crippen molar-refractivity contribution in [1.82, 2.24) is 9.80 Å². The van der Waals surface area contributed by atoms with Crippen molar-refractivity contribution in [2.75, 3.05) is 14.2 Å². The van der Waals surface area contributed by atoms with Crippen molar-refractivity contribution in [2.45, 2.75) is 50.2 Å². The molecule has 6 heteroatoms. The number of carbonyl (C=O) groups excluding carboxylic acids is 2. The van der Waals surface area contributed by atoms with Crippen LogP contribution >= 0.6 is 0 Å². The molecule has 0 N–H and O–H groups in total. The van der Waals surface area contributed by atoms with Gasteiger partial charge in [-0.15, -0.1) is 0 Å². The number of ether oxygens (including phenoxy) is 2. The van der Waals surface area contributed by atoms with Gasteiger partial charge in [0, 0.05) is 14.2 Å². The minimum Gasteiger partial charge on any atom is -0.369 e. The fourth-order valence-electron chi connectivity index (χ4n) is 4.86.